The van der Waals surface area contributed by atoms with Gasteiger partial charge in [-0.15, -0.1) is 0 Å². The van der Waals surface area contributed by atoms with E-state index in [-0.39, 0.29) is 17.5 Å². The maximum Gasteiger partial charge on any atom is 0.317 e. The summed E-state index contributed by atoms with van der Waals surface area (Å²) in [6, 6.07) is -0.124. The highest BCUT2D eigenvalue weighted by atomic mass is 16.4. The van der Waals surface area contributed by atoms with Crippen LogP contribution in [-0.4, -0.2) is 40.6 Å². The fourth-order valence-corrected chi connectivity index (χ4v) is 2.78. The van der Waals surface area contributed by atoms with Gasteiger partial charge in [-0.2, -0.15) is 0 Å². The van der Waals surface area contributed by atoms with Crippen molar-refractivity contribution in [2.45, 2.75) is 52.5 Å². The van der Waals surface area contributed by atoms with E-state index in [0.29, 0.717) is 13.1 Å². The Balaban J connectivity index is 2.67. The number of hydrogen-bond acceptors (Lipinski definition) is 2. The molecule has 1 fully saturated rings. The zero-order chi connectivity index (χ0) is 14.6. The third-order valence-corrected chi connectivity index (χ3v) is 4.62. The highest BCUT2D eigenvalue weighted by Gasteiger charge is 2.38. The number of likely N-dealkylation sites (tertiary alicyclic amines) is 1. The predicted octanol–water partition coefficient (Wildman–Crippen LogP) is 2.32. The molecule has 1 aliphatic rings. The average Bonchev–Trinajstić information content (AvgIpc) is 2.78. The van der Waals surface area contributed by atoms with Gasteiger partial charge in [0.1, 0.15) is 0 Å². The first-order chi connectivity index (χ1) is 8.89. The zero-order valence-corrected chi connectivity index (χ0v) is 12.4. The van der Waals surface area contributed by atoms with Crippen molar-refractivity contribution in [2.75, 3.05) is 13.1 Å². The van der Waals surface area contributed by atoms with Gasteiger partial charge in [0.05, 0.1) is 5.92 Å². The Morgan fingerprint density at radius 3 is 2.11 bits per heavy atom. The van der Waals surface area contributed by atoms with Crippen molar-refractivity contribution >= 4 is 12.0 Å². The predicted molar refractivity (Wildman–Crippen MR) is 74.0 cm³/mol. The number of amides is 2. The summed E-state index contributed by atoms with van der Waals surface area (Å²) in [4.78, 5) is 25.0. The van der Waals surface area contributed by atoms with Gasteiger partial charge in [0.15, 0.2) is 0 Å². The summed E-state index contributed by atoms with van der Waals surface area (Å²) in [6.45, 7) is 8.93. The largest absolute Gasteiger partial charge is 0.481 e. The molecule has 19 heavy (non-hydrogen) atoms. The van der Waals surface area contributed by atoms with Crippen LogP contribution in [0.15, 0.2) is 0 Å². The fourth-order valence-electron chi connectivity index (χ4n) is 2.78. The second kappa shape index (κ2) is 6.26. The molecule has 2 atom stereocenters. The van der Waals surface area contributed by atoms with Gasteiger partial charge in [0, 0.05) is 18.6 Å². The summed E-state index contributed by atoms with van der Waals surface area (Å²) in [5.41, 5.74) is -0.165. The topological polar surface area (TPSA) is 69.6 Å². The fraction of sp³-hybridized carbons (Fsp3) is 0.857. The lowest BCUT2D eigenvalue weighted by Crippen LogP contribution is -2.52. The van der Waals surface area contributed by atoms with Gasteiger partial charge in [-0.3, -0.25) is 4.79 Å². The van der Waals surface area contributed by atoms with Crippen LogP contribution in [0, 0.1) is 11.8 Å². The Morgan fingerprint density at radius 1 is 1.21 bits per heavy atom. The molecule has 0 radical (unpaired) electrons. The lowest BCUT2D eigenvalue weighted by Gasteiger charge is -2.33. The van der Waals surface area contributed by atoms with Crippen molar-refractivity contribution in [2.24, 2.45) is 11.8 Å². The number of carbonyl (C=O) groups excluding carboxylic acids is 1. The Hall–Kier alpha value is -1.26. The van der Waals surface area contributed by atoms with E-state index in [1.807, 2.05) is 6.92 Å². The van der Waals surface area contributed by atoms with Crippen LogP contribution in [0.1, 0.15) is 47.0 Å². The molecule has 2 unspecified atom stereocenters. The highest BCUT2D eigenvalue weighted by Crippen LogP contribution is 2.25. The third kappa shape index (κ3) is 3.39. The Labute approximate surface area is 115 Å². The molecule has 0 bridgehead atoms. The molecule has 0 spiro atoms. The number of carboxylic acids is 1. The Kier molecular flexibility index (Phi) is 5.20. The van der Waals surface area contributed by atoms with Crippen LogP contribution in [-0.2, 0) is 4.79 Å². The van der Waals surface area contributed by atoms with Gasteiger partial charge in [-0.25, -0.2) is 4.79 Å². The minimum absolute atomic E-state index is 0.0162. The van der Waals surface area contributed by atoms with Crippen LogP contribution < -0.4 is 5.32 Å². The summed E-state index contributed by atoms with van der Waals surface area (Å²) < 4.78 is 0. The summed E-state index contributed by atoms with van der Waals surface area (Å²) >= 11 is 0. The summed E-state index contributed by atoms with van der Waals surface area (Å²) in [5.74, 6) is -1.23. The van der Waals surface area contributed by atoms with Crippen LogP contribution in [0.5, 0.6) is 0 Å². The van der Waals surface area contributed by atoms with E-state index in [9.17, 15) is 9.59 Å². The molecule has 0 aromatic rings. The summed E-state index contributed by atoms with van der Waals surface area (Å²) in [6.07, 6.45) is 2.66. The molecule has 1 aliphatic heterocycles. The first-order valence-corrected chi connectivity index (χ1v) is 7.19. The first kappa shape index (κ1) is 15.8. The average molecular weight is 270 g/mol. The number of rotatable bonds is 5. The maximum absolute atomic E-state index is 12.3. The second-order valence-electron chi connectivity index (χ2n) is 5.60. The van der Waals surface area contributed by atoms with Gasteiger partial charge >= 0.3 is 12.0 Å². The van der Waals surface area contributed by atoms with E-state index in [1.54, 1.807) is 4.90 Å². The highest BCUT2D eigenvalue weighted by molar-refractivity contribution is 5.78. The lowest BCUT2D eigenvalue weighted by molar-refractivity contribution is -0.142. The van der Waals surface area contributed by atoms with E-state index < -0.39 is 11.9 Å². The molecule has 1 heterocycles. The summed E-state index contributed by atoms with van der Waals surface area (Å²) in [7, 11) is 0. The zero-order valence-electron chi connectivity index (χ0n) is 12.4. The number of urea groups is 1. The molecule has 0 aliphatic carbocycles. The standard InChI is InChI=1S/C14H26N2O3/c1-5-14(6-2,7-3)15-13(19)16-8-10(4)11(9-16)12(17)18/h10-11H,5-9H2,1-4H3,(H,15,19)(H,17,18). The quantitative estimate of drug-likeness (QED) is 0.805. The van der Waals surface area contributed by atoms with Gasteiger partial charge in [0.25, 0.3) is 0 Å². The lowest BCUT2D eigenvalue weighted by atomic mass is 9.90. The molecular weight excluding hydrogens is 244 g/mol. The molecule has 1 saturated heterocycles. The number of hydrogen-bond donors (Lipinski definition) is 2. The van der Waals surface area contributed by atoms with Crippen LogP contribution in [0.3, 0.4) is 0 Å². The van der Waals surface area contributed by atoms with Crippen LogP contribution in [0.4, 0.5) is 4.79 Å². The van der Waals surface area contributed by atoms with Crippen LogP contribution in [0.2, 0.25) is 0 Å². The molecule has 2 N–H and O–H groups in total. The Morgan fingerprint density at radius 2 is 1.74 bits per heavy atom. The summed E-state index contributed by atoms with van der Waals surface area (Å²) in [5, 5.41) is 12.2. The van der Waals surface area contributed by atoms with Gasteiger partial charge in [0.2, 0.25) is 0 Å². The molecule has 1 rings (SSSR count). The molecule has 110 valence electrons. The number of aliphatic carboxylic acids is 1. The monoisotopic (exact) mass is 270 g/mol. The van der Waals surface area contributed by atoms with Crippen molar-refractivity contribution in [3.05, 3.63) is 0 Å². The molecule has 0 saturated carbocycles. The number of carboxylic acid groups (broad SMARTS) is 1. The molecule has 0 aromatic carbocycles. The minimum atomic E-state index is -0.810. The van der Waals surface area contributed by atoms with E-state index >= 15 is 0 Å². The van der Waals surface area contributed by atoms with Crippen molar-refractivity contribution < 1.29 is 14.7 Å². The first-order valence-electron chi connectivity index (χ1n) is 7.19. The van der Waals surface area contributed by atoms with Crippen molar-refractivity contribution in [1.29, 1.82) is 0 Å². The van der Waals surface area contributed by atoms with Gasteiger partial charge in [-0.05, 0) is 25.2 Å². The van der Waals surface area contributed by atoms with Gasteiger partial charge in [-0.1, -0.05) is 27.7 Å². The minimum Gasteiger partial charge on any atom is -0.481 e. The van der Waals surface area contributed by atoms with Crippen molar-refractivity contribution in [1.82, 2.24) is 10.2 Å². The van der Waals surface area contributed by atoms with Crippen molar-refractivity contribution in [3.63, 3.8) is 0 Å². The normalized spacial score (nSPS) is 23.5. The SMILES string of the molecule is CCC(CC)(CC)NC(=O)N1CC(C)C(C(=O)O)C1. The van der Waals surface area contributed by atoms with Crippen LogP contribution in [0.25, 0.3) is 0 Å². The maximum atomic E-state index is 12.3. The molecule has 5 heteroatoms. The molecule has 5 nitrogen and oxygen atoms in total. The molecule has 2 amide bonds. The number of nitrogens with zero attached hydrogens (tertiary/aromatic N) is 1. The van der Waals surface area contributed by atoms with Crippen LogP contribution >= 0.6 is 0 Å². The number of carbonyl (C=O) groups is 2. The number of nitrogens with one attached hydrogen (secondary N) is 1. The third-order valence-electron chi connectivity index (χ3n) is 4.62. The van der Waals surface area contributed by atoms with Gasteiger partial charge < -0.3 is 15.3 Å². The molecular formula is C14H26N2O3. The smallest absolute Gasteiger partial charge is 0.317 e. The van der Waals surface area contributed by atoms with E-state index in [1.165, 1.54) is 0 Å². The van der Waals surface area contributed by atoms with E-state index in [2.05, 4.69) is 26.1 Å². The van der Waals surface area contributed by atoms with Crippen molar-refractivity contribution in [3.8, 4) is 0 Å². The Bertz CT molecular complexity index is 331. The second-order valence-corrected chi connectivity index (χ2v) is 5.60. The van der Waals surface area contributed by atoms with E-state index in [4.69, 9.17) is 5.11 Å². The van der Waals surface area contributed by atoms with E-state index in [0.717, 1.165) is 19.3 Å². The molecule has 0 aromatic heterocycles.